The second-order valence-electron chi connectivity index (χ2n) is 11.3. The first-order valence-electron chi connectivity index (χ1n) is 14.8. The Bertz CT molecular complexity index is 2250. The predicted molar refractivity (Wildman–Crippen MR) is 172 cm³/mol. The van der Waals surface area contributed by atoms with E-state index in [2.05, 4.69) is 20.4 Å². The molecular formula is C35H28F4N6O3. The minimum absolute atomic E-state index is 0.0757. The molecule has 48 heavy (non-hydrogen) atoms. The number of hydrogen-bond acceptors (Lipinski definition) is 6. The van der Waals surface area contributed by atoms with Crippen LogP contribution in [0.3, 0.4) is 0 Å². The van der Waals surface area contributed by atoms with Crippen molar-refractivity contribution in [2.75, 3.05) is 5.32 Å². The number of carbonyl (C=O) groups is 1. The van der Waals surface area contributed by atoms with E-state index in [0.717, 1.165) is 6.07 Å². The molecule has 0 aliphatic heterocycles. The molecule has 0 unspecified atom stereocenters. The van der Waals surface area contributed by atoms with E-state index >= 15 is 4.39 Å². The first-order chi connectivity index (χ1) is 22.9. The number of nitrogens with one attached hydrogen (secondary N) is 1. The molecule has 6 aromatic rings. The predicted octanol–water partition coefficient (Wildman–Crippen LogP) is 8.24. The van der Waals surface area contributed by atoms with Crippen molar-refractivity contribution >= 4 is 22.6 Å². The Balaban J connectivity index is 1.27. The molecule has 4 aromatic heterocycles. The van der Waals surface area contributed by atoms with E-state index in [1.807, 2.05) is 13.8 Å². The number of alkyl halides is 2. The number of anilines is 1. The van der Waals surface area contributed by atoms with Crippen LogP contribution in [0.25, 0.3) is 33.3 Å². The van der Waals surface area contributed by atoms with Crippen LogP contribution in [0.4, 0.5) is 23.2 Å². The highest BCUT2D eigenvalue weighted by atomic mass is 19.3. The molecule has 0 bridgehead atoms. The zero-order valence-electron chi connectivity index (χ0n) is 26.1. The molecule has 0 saturated heterocycles. The first kappa shape index (κ1) is 32.1. The SMILES string of the molecule is Cc1nc2c(Oc3ccc(NC(=O)c4cn(C(C)C)c(C)c(-c5ccc(F)cc5)c4=O)cc3F)ccnc2cc1-c1cnn(C(F)F)c1. The van der Waals surface area contributed by atoms with E-state index in [1.54, 1.807) is 24.5 Å². The van der Waals surface area contributed by atoms with Crippen molar-refractivity contribution in [3.05, 3.63) is 118 Å². The van der Waals surface area contributed by atoms with Crippen LogP contribution in [0.2, 0.25) is 0 Å². The van der Waals surface area contributed by atoms with Gasteiger partial charge in [-0.2, -0.15) is 13.9 Å². The second-order valence-corrected chi connectivity index (χ2v) is 11.3. The molecule has 0 fully saturated rings. The summed E-state index contributed by atoms with van der Waals surface area (Å²) in [6, 6.07) is 12.3. The first-order valence-corrected chi connectivity index (χ1v) is 14.8. The van der Waals surface area contributed by atoms with E-state index in [1.165, 1.54) is 67.3 Å². The topological polar surface area (TPSA) is 104 Å². The Morgan fingerprint density at radius 2 is 1.69 bits per heavy atom. The lowest BCUT2D eigenvalue weighted by molar-refractivity contribution is 0.0566. The number of rotatable bonds is 8. The number of carbonyl (C=O) groups excluding carboxylic acids is 1. The zero-order valence-corrected chi connectivity index (χ0v) is 26.1. The summed E-state index contributed by atoms with van der Waals surface area (Å²) in [7, 11) is 0. The molecule has 0 saturated carbocycles. The summed E-state index contributed by atoms with van der Waals surface area (Å²) in [6.45, 7) is 4.45. The maximum Gasteiger partial charge on any atom is 0.333 e. The van der Waals surface area contributed by atoms with Gasteiger partial charge in [0.15, 0.2) is 17.3 Å². The average molecular weight is 657 g/mol. The summed E-state index contributed by atoms with van der Waals surface area (Å²) in [5.74, 6) is -1.99. The highest BCUT2D eigenvalue weighted by Gasteiger charge is 2.22. The Kier molecular flexibility index (Phi) is 8.52. The standard InChI is InChI=1S/C35H28F4N6O3/c1-18(2)44-17-26(33(46)31(20(44)4)21-5-7-23(36)8-6-21)34(47)43-24-9-10-29(27(37)13-24)48-30-11-12-40-28-14-25(19(3)42-32(28)30)22-15-41-45(16-22)35(38)39/h5-18,35H,1-4H3,(H,43,47). The number of hydrogen-bond donors (Lipinski definition) is 1. The lowest BCUT2D eigenvalue weighted by Gasteiger charge is -2.20. The summed E-state index contributed by atoms with van der Waals surface area (Å²) < 4.78 is 63.2. The van der Waals surface area contributed by atoms with Crippen LogP contribution in [0, 0.1) is 25.5 Å². The molecule has 6 rings (SSSR count). The van der Waals surface area contributed by atoms with Gasteiger partial charge in [0.25, 0.3) is 5.91 Å². The highest BCUT2D eigenvalue weighted by Crippen LogP contribution is 2.34. The minimum atomic E-state index is -2.79. The van der Waals surface area contributed by atoms with Crippen LogP contribution in [0.1, 0.15) is 48.2 Å². The van der Waals surface area contributed by atoms with Gasteiger partial charge in [0.1, 0.15) is 16.9 Å². The van der Waals surface area contributed by atoms with Gasteiger partial charge in [-0.1, -0.05) is 12.1 Å². The van der Waals surface area contributed by atoms with Gasteiger partial charge in [0.2, 0.25) is 5.43 Å². The maximum absolute atomic E-state index is 15.4. The minimum Gasteiger partial charge on any atom is -0.452 e. The summed E-state index contributed by atoms with van der Waals surface area (Å²) in [5.41, 5.74) is 2.85. The Hall–Kier alpha value is -5.85. The number of nitrogens with zero attached hydrogens (tertiary/aromatic N) is 5. The second kappa shape index (κ2) is 12.7. The van der Waals surface area contributed by atoms with Crippen LogP contribution in [0.5, 0.6) is 11.5 Å². The zero-order chi connectivity index (χ0) is 34.3. The molecule has 0 radical (unpaired) electrons. The van der Waals surface area contributed by atoms with Crippen molar-refractivity contribution in [3.63, 3.8) is 0 Å². The van der Waals surface area contributed by atoms with Gasteiger partial charge in [-0.25, -0.2) is 18.4 Å². The van der Waals surface area contributed by atoms with Gasteiger partial charge in [-0.05, 0) is 63.6 Å². The Labute approximate surface area is 271 Å². The van der Waals surface area contributed by atoms with Gasteiger partial charge in [-0.3, -0.25) is 14.6 Å². The van der Waals surface area contributed by atoms with E-state index in [0.29, 0.717) is 43.8 Å². The molecule has 0 spiro atoms. The molecule has 2 aromatic carbocycles. The van der Waals surface area contributed by atoms with E-state index in [-0.39, 0.29) is 34.4 Å². The molecule has 9 nitrogen and oxygen atoms in total. The van der Waals surface area contributed by atoms with Gasteiger partial charge < -0.3 is 14.6 Å². The molecule has 1 N–H and O–H groups in total. The third-order valence-electron chi connectivity index (χ3n) is 7.81. The number of fused-ring (bicyclic) bond motifs is 1. The number of halogens is 4. The van der Waals surface area contributed by atoms with Gasteiger partial charge in [0, 0.05) is 70.5 Å². The molecular weight excluding hydrogens is 628 g/mol. The van der Waals surface area contributed by atoms with Crippen molar-refractivity contribution in [2.24, 2.45) is 0 Å². The molecule has 4 heterocycles. The van der Waals surface area contributed by atoms with Crippen molar-refractivity contribution in [3.8, 4) is 33.8 Å². The van der Waals surface area contributed by atoms with E-state index in [4.69, 9.17) is 4.74 Å². The lowest BCUT2D eigenvalue weighted by Crippen LogP contribution is -2.26. The van der Waals surface area contributed by atoms with Crippen LogP contribution >= 0.6 is 0 Å². The van der Waals surface area contributed by atoms with Gasteiger partial charge >= 0.3 is 6.55 Å². The molecule has 244 valence electrons. The number of ether oxygens (including phenoxy) is 1. The van der Waals surface area contributed by atoms with Crippen LogP contribution in [-0.4, -0.2) is 30.2 Å². The highest BCUT2D eigenvalue weighted by molar-refractivity contribution is 6.04. The monoisotopic (exact) mass is 656 g/mol. The van der Waals surface area contributed by atoms with E-state index in [9.17, 15) is 22.8 Å². The fourth-order valence-corrected chi connectivity index (χ4v) is 5.45. The maximum atomic E-state index is 15.4. The fraction of sp³-hybridized carbons (Fsp3) is 0.171. The molecule has 1 amide bonds. The summed E-state index contributed by atoms with van der Waals surface area (Å²) in [4.78, 5) is 35.8. The number of aryl methyl sites for hydroxylation is 1. The van der Waals surface area contributed by atoms with Crippen LogP contribution in [-0.2, 0) is 0 Å². The molecule has 0 aliphatic rings. The van der Waals surface area contributed by atoms with Crippen LogP contribution < -0.4 is 15.5 Å². The Morgan fingerprint density at radius 1 is 0.938 bits per heavy atom. The van der Waals surface area contributed by atoms with Gasteiger partial charge in [0.05, 0.1) is 11.7 Å². The smallest absolute Gasteiger partial charge is 0.333 e. The van der Waals surface area contributed by atoms with Crippen molar-refractivity contribution < 1.29 is 27.1 Å². The number of benzene rings is 2. The van der Waals surface area contributed by atoms with E-state index < -0.39 is 29.5 Å². The summed E-state index contributed by atoms with van der Waals surface area (Å²) in [5, 5.41) is 6.26. The van der Waals surface area contributed by atoms with Crippen molar-refractivity contribution in [2.45, 2.75) is 40.3 Å². The fourth-order valence-electron chi connectivity index (χ4n) is 5.45. The number of aromatic nitrogens is 5. The van der Waals surface area contributed by atoms with Crippen molar-refractivity contribution in [1.29, 1.82) is 0 Å². The normalized spacial score (nSPS) is 11.5. The number of pyridine rings is 3. The molecule has 13 heteroatoms. The largest absolute Gasteiger partial charge is 0.452 e. The lowest BCUT2D eigenvalue weighted by atomic mass is 10.00. The number of amides is 1. The van der Waals surface area contributed by atoms with Gasteiger partial charge in [-0.15, -0.1) is 0 Å². The third-order valence-corrected chi connectivity index (χ3v) is 7.81. The Morgan fingerprint density at radius 3 is 2.35 bits per heavy atom. The molecule has 0 atom stereocenters. The van der Waals surface area contributed by atoms with Crippen LogP contribution in [0.15, 0.2) is 84.2 Å². The quantitative estimate of drug-likeness (QED) is 0.166. The average Bonchev–Trinajstić information content (AvgIpc) is 3.54. The summed E-state index contributed by atoms with van der Waals surface area (Å²) >= 11 is 0. The summed E-state index contributed by atoms with van der Waals surface area (Å²) in [6.07, 6.45) is 5.42. The molecule has 0 aliphatic carbocycles. The third kappa shape index (κ3) is 6.14. The van der Waals surface area contributed by atoms with Crippen molar-refractivity contribution in [1.82, 2.24) is 24.3 Å².